The van der Waals surface area contributed by atoms with Crippen molar-refractivity contribution in [2.75, 3.05) is 20.1 Å². The van der Waals surface area contributed by atoms with Gasteiger partial charge >= 0.3 is 6.18 Å². The highest BCUT2D eigenvalue weighted by molar-refractivity contribution is 5.78. The summed E-state index contributed by atoms with van der Waals surface area (Å²) in [6.07, 6.45) is -3.93. The Hall–Kier alpha value is -1.56. The molecule has 1 rings (SSSR count). The zero-order valence-electron chi connectivity index (χ0n) is 14.1. The summed E-state index contributed by atoms with van der Waals surface area (Å²) < 4.78 is 37.6. The van der Waals surface area contributed by atoms with E-state index in [-0.39, 0.29) is 17.2 Å². The molecule has 130 valence electrons. The Labute approximate surface area is 135 Å². The fourth-order valence-corrected chi connectivity index (χ4v) is 2.43. The van der Waals surface area contributed by atoms with E-state index in [9.17, 15) is 18.0 Å². The molecule has 0 saturated carbocycles. The number of nitrogens with two attached hydrogens (primary N) is 1. The third-order valence-corrected chi connectivity index (χ3v) is 3.84. The van der Waals surface area contributed by atoms with Gasteiger partial charge in [0.1, 0.15) is 0 Å². The van der Waals surface area contributed by atoms with Crippen LogP contribution in [0, 0.1) is 11.3 Å². The molecule has 0 spiro atoms. The minimum Gasteiger partial charge on any atom is -0.345 e. The number of halogens is 3. The van der Waals surface area contributed by atoms with Crippen molar-refractivity contribution in [1.82, 2.24) is 4.90 Å². The molecular weight excluding hydrogens is 305 g/mol. The first kappa shape index (κ1) is 19.5. The Balaban J connectivity index is 2.68. The monoisotopic (exact) mass is 330 g/mol. The molecule has 2 N–H and O–H groups in total. The van der Waals surface area contributed by atoms with E-state index in [1.165, 1.54) is 12.1 Å². The minimum absolute atomic E-state index is 0.0357. The van der Waals surface area contributed by atoms with Gasteiger partial charge in [-0.15, -0.1) is 0 Å². The summed E-state index contributed by atoms with van der Waals surface area (Å²) >= 11 is 0. The number of benzene rings is 1. The van der Waals surface area contributed by atoms with Gasteiger partial charge in [-0.1, -0.05) is 32.9 Å². The van der Waals surface area contributed by atoms with Crippen LogP contribution >= 0.6 is 0 Å². The Morgan fingerprint density at radius 3 is 2.17 bits per heavy atom. The van der Waals surface area contributed by atoms with Crippen LogP contribution in [0.1, 0.15) is 31.9 Å². The molecule has 0 saturated heterocycles. The van der Waals surface area contributed by atoms with Gasteiger partial charge in [-0.3, -0.25) is 4.79 Å². The molecule has 0 aliphatic heterocycles. The topological polar surface area (TPSA) is 46.3 Å². The standard InChI is InChI=1S/C17H25F3N2O/c1-12(15(23)22(4)11-16(2,3)10-21)9-13-5-7-14(8-6-13)17(18,19)20/h5-8,12H,9-11,21H2,1-4H3. The van der Waals surface area contributed by atoms with E-state index < -0.39 is 11.7 Å². The van der Waals surface area contributed by atoms with Crippen LogP contribution in [0.2, 0.25) is 0 Å². The van der Waals surface area contributed by atoms with Crippen molar-refractivity contribution in [3.63, 3.8) is 0 Å². The third kappa shape index (κ3) is 5.86. The van der Waals surface area contributed by atoms with Gasteiger partial charge in [0.05, 0.1) is 5.56 Å². The van der Waals surface area contributed by atoms with Gasteiger partial charge in [0.15, 0.2) is 0 Å². The fraction of sp³-hybridized carbons (Fsp3) is 0.588. The van der Waals surface area contributed by atoms with E-state index in [1.54, 1.807) is 18.9 Å². The van der Waals surface area contributed by atoms with E-state index >= 15 is 0 Å². The lowest BCUT2D eigenvalue weighted by Crippen LogP contribution is -2.42. The van der Waals surface area contributed by atoms with Gasteiger partial charge < -0.3 is 10.6 Å². The lowest BCUT2D eigenvalue weighted by atomic mass is 9.92. The Morgan fingerprint density at radius 2 is 1.74 bits per heavy atom. The number of hydrogen-bond donors (Lipinski definition) is 1. The molecule has 0 bridgehead atoms. The summed E-state index contributed by atoms with van der Waals surface area (Å²) in [6.45, 7) is 6.76. The zero-order chi connectivity index (χ0) is 17.8. The Kier molecular flexibility index (Phi) is 6.22. The largest absolute Gasteiger partial charge is 0.416 e. The van der Waals surface area contributed by atoms with Crippen molar-refractivity contribution in [2.45, 2.75) is 33.4 Å². The van der Waals surface area contributed by atoms with Crippen LogP contribution in [0.3, 0.4) is 0 Å². The second kappa shape index (κ2) is 7.34. The van der Waals surface area contributed by atoms with Gasteiger partial charge in [-0.25, -0.2) is 0 Å². The first-order chi connectivity index (χ1) is 10.5. The van der Waals surface area contributed by atoms with E-state index in [2.05, 4.69) is 0 Å². The molecule has 1 aromatic rings. The number of rotatable bonds is 6. The molecule has 3 nitrogen and oxygen atoms in total. The zero-order valence-corrected chi connectivity index (χ0v) is 14.1. The Morgan fingerprint density at radius 1 is 1.22 bits per heavy atom. The fourth-order valence-electron chi connectivity index (χ4n) is 2.43. The SMILES string of the molecule is CC(Cc1ccc(C(F)(F)F)cc1)C(=O)N(C)CC(C)(C)CN. The summed E-state index contributed by atoms with van der Waals surface area (Å²) in [5, 5.41) is 0. The van der Waals surface area contributed by atoms with Crippen molar-refractivity contribution < 1.29 is 18.0 Å². The van der Waals surface area contributed by atoms with Crippen molar-refractivity contribution in [3.8, 4) is 0 Å². The predicted octanol–water partition coefficient (Wildman–Crippen LogP) is 3.33. The minimum atomic E-state index is -4.34. The van der Waals surface area contributed by atoms with Crippen LogP contribution in [-0.4, -0.2) is 30.9 Å². The molecule has 6 heteroatoms. The van der Waals surface area contributed by atoms with Crippen LogP contribution < -0.4 is 5.73 Å². The van der Waals surface area contributed by atoms with Crippen LogP contribution in [-0.2, 0) is 17.4 Å². The second-order valence-electron chi connectivity index (χ2n) is 6.86. The number of carbonyl (C=O) groups excluding carboxylic acids is 1. The maximum absolute atomic E-state index is 12.5. The average Bonchev–Trinajstić information content (AvgIpc) is 2.45. The summed E-state index contributed by atoms with van der Waals surface area (Å²) in [4.78, 5) is 14.0. The molecule has 0 aliphatic carbocycles. The number of nitrogens with zero attached hydrogens (tertiary/aromatic N) is 1. The normalized spacial score (nSPS) is 13.7. The lowest BCUT2D eigenvalue weighted by Gasteiger charge is -2.30. The molecule has 1 unspecified atom stereocenters. The molecule has 23 heavy (non-hydrogen) atoms. The molecule has 0 fully saturated rings. The van der Waals surface area contributed by atoms with Gasteiger partial charge in [0, 0.05) is 19.5 Å². The van der Waals surface area contributed by atoms with Crippen LogP contribution in [0.25, 0.3) is 0 Å². The summed E-state index contributed by atoms with van der Waals surface area (Å²) in [5.74, 6) is -0.336. The first-order valence-electron chi connectivity index (χ1n) is 7.57. The van der Waals surface area contributed by atoms with Crippen LogP contribution in [0.15, 0.2) is 24.3 Å². The van der Waals surface area contributed by atoms with Crippen molar-refractivity contribution in [3.05, 3.63) is 35.4 Å². The summed E-state index contributed by atoms with van der Waals surface area (Å²) in [6, 6.07) is 4.95. The van der Waals surface area contributed by atoms with Gasteiger partial charge in [-0.2, -0.15) is 13.2 Å². The van der Waals surface area contributed by atoms with E-state index in [0.29, 0.717) is 25.1 Å². The second-order valence-corrected chi connectivity index (χ2v) is 6.86. The summed E-state index contributed by atoms with van der Waals surface area (Å²) in [7, 11) is 1.73. The maximum atomic E-state index is 12.5. The molecule has 0 aromatic heterocycles. The molecule has 1 aromatic carbocycles. The highest BCUT2D eigenvalue weighted by Crippen LogP contribution is 2.29. The Bertz CT molecular complexity index is 524. The quantitative estimate of drug-likeness (QED) is 0.870. The van der Waals surface area contributed by atoms with Gasteiger partial charge in [0.25, 0.3) is 0 Å². The lowest BCUT2D eigenvalue weighted by molar-refractivity contribution is -0.137. The molecule has 0 aliphatic rings. The van der Waals surface area contributed by atoms with Gasteiger partial charge in [-0.05, 0) is 36.1 Å². The molecule has 0 radical (unpaired) electrons. The molecule has 1 atom stereocenters. The summed E-state index contributed by atoms with van der Waals surface area (Å²) in [5.41, 5.74) is 5.54. The maximum Gasteiger partial charge on any atom is 0.416 e. The van der Waals surface area contributed by atoms with E-state index in [1.807, 2.05) is 13.8 Å². The average molecular weight is 330 g/mol. The smallest absolute Gasteiger partial charge is 0.345 e. The molecule has 0 heterocycles. The van der Waals surface area contributed by atoms with Crippen molar-refractivity contribution in [1.29, 1.82) is 0 Å². The van der Waals surface area contributed by atoms with Gasteiger partial charge in [0.2, 0.25) is 5.91 Å². The van der Waals surface area contributed by atoms with Crippen molar-refractivity contribution in [2.24, 2.45) is 17.1 Å². The van der Waals surface area contributed by atoms with Crippen LogP contribution in [0.5, 0.6) is 0 Å². The first-order valence-corrected chi connectivity index (χ1v) is 7.57. The van der Waals surface area contributed by atoms with E-state index in [4.69, 9.17) is 5.73 Å². The van der Waals surface area contributed by atoms with E-state index in [0.717, 1.165) is 12.1 Å². The predicted molar refractivity (Wildman–Crippen MR) is 84.8 cm³/mol. The number of carbonyl (C=O) groups is 1. The van der Waals surface area contributed by atoms with Crippen molar-refractivity contribution >= 4 is 5.91 Å². The highest BCUT2D eigenvalue weighted by atomic mass is 19.4. The number of alkyl halides is 3. The molecule has 1 amide bonds. The highest BCUT2D eigenvalue weighted by Gasteiger charge is 2.30. The van der Waals surface area contributed by atoms with Crippen LogP contribution in [0.4, 0.5) is 13.2 Å². The molecular formula is C17H25F3N2O. The number of amides is 1. The third-order valence-electron chi connectivity index (χ3n) is 3.84. The number of hydrogen-bond acceptors (Lipinski definition) is 2.